The molecule has 188 valence electrons. The first-order valence-electron chi connectivity index (χ1n) is 11.9. The molecule has 0 unspecified atom stereocenters. The lowest BCUT2D eigenvalue weighted by molar-refractivity contribution is 0.0858. The van der Waals surface area contributed by atoms with Crippen LogP contribution in [0, 0.1) is 5.82 Å². The van der Waals surface area contributed by atoms with E-state index in [1.165, 1.54) is 30.5 Å². The van der Waals surface area contributed by atoms with Crippen LogP contribution in [0.3, 0.4) is 0 Å². The molecule has 3 aromatic carbocycles. The number of anilines is 2. The second-order valence-corrected chi connectivity index (χ2v) is 8.54. The van der Waals surface area contributed by atoms with Gasteiger partial charge in [0.25, 0.3) is 11.5 Å². The van der Waals surface area contributed by atoms with Gasteiger partial charge in [-0.25, -0.2) is 4.39 Å². The van der Waals surface area contributed by atoms with Crippen LogP contribution < -0.4 is 20.9 Å². The molecule has 5 rings (SSSR count). The summed E-state index contributed by atoms with van der Waals surface area (Å²) in [6.45, 7) is 1.20. The second-order valence-electron chi connectivity index (χ2n) is 8.54. The Morgan fingerprint density at radius 2 is 1.81 bits per heavy atom. The van der Waals surface area contributed by atoms with Crippen LogP contribution in [-0.4, -0.2) is 34.9 Å². The Hall–Kier alpha value is -4.50. The molecular weight excluding hydrogens is 475 g/mol. The fourth-order valence-corrected chi connectivity index (χ4v) is 3.98. The summed E-state index contributed by atoms with van der Waals surface area (Å²) in [7, 11) is 0. The Kier molecular flexibility index (Phi) is 7.23. The first kappa shape index (κ1) is 24.2. The quantitative estimate of drug-likeness (QED) is 0.360. The van der Waals surface area contributed by atoms with Crippen LogP contribution in [0.2, 0.25) is 0 Å². The number of nitrogens with zero attached hydrogens (tertiary/aromatic N) is 2. The molecule has 1 fully saturated rings. The van der Waals surface area contributed by atoms with Gasteiger partial charge in [-0.3, -0.25) is 9.59 Å². The van der Waals surface area contributed by atoms with Gasteiger partial charge in [-0.05, 0) is 73.5 Å². The lowest BCUT2D eigenvalue weighted by Crippen LogP contribution is -2.31. The van der Waals surface area contributed by atoms with E-state index in [0.29, 0.717) is 29.2 Å². The van der Waals surface area contributed by atoms with Crippen LogP contribution in [0.15, 0.2) is 89.9 Å². The van der Waals surface area contributed by atoms with Gasteiger partial charge in [-0.2, -0.15) is 9.78 Å². The number of rotatable bonds is 8. The maximum absolute atomic E-state index is 13.4. The van der Waals surface area contributed by atoms with Crippen LogP contribution in [-0.2, 0) is 4.74 Å². The number of carbonyl (C=O) groups is 1. The highest BCUT2D eigenvalue weighted by Gasteiger charge is 2.18. The van der Waals surface area contributed by atoms with Gasteiger partial charge in [0.15, 0.2) is 11.4 Å². The summed E-state index contributed by atoms with van der Waals surface area (Å²) < 4.78 is 26.1. The van der Waals surface area contributed by atoms with Crippen molar-refractivity contribution in [2.75, 3.05) is 18.5 Å². The van der Waals surface area contributed by atoms with Crippen LogP contribution in [0.25, 0.3) is 5.69 Å². The van der Waals surface area contributed by atoms with E-state index in [4.69, 9.17) is 9.47 Å². The van der Waals surface area contributed by atoms with Crippen molar-refractivity contribution in [1.82, 2.24) is 15.1 Å². The number of halogens is 1. The maximum atomic E-state index is 13.4. The number of hydrogen-bond donors (Lipinski definition) is 2. The lowest BCUT2D eigenvalue weighted by Gasteiger charge is -2.15. The molecule has 1 amide bonds. The molecule has 1 aromatic heterocycles. The largest absolute Gasteiger partial charge is 0.453 e. The Balaban J connectivity index is 1.40. The van der Waals surface area contributed by atoms with E-state index in [9.17, 15) is 14.0 Å². The number of para-hydroxylation sites is 1. The summed E-state index contributed by atoms with van der Waals surface area (Å²) in [5, 5.41) is 10.2. The molecular formula is C28H25FN4O4. The molecule has 0 aliphatic carbocycles. The van der Waals surface area contributed by atoms with Gasteiger partial charge >= 0.3 is 0 Å². The van der Waals surface area contributed by atoms with Gasteiger partial charge in [-0.1, -0.05) is 18.2 Å². The van der Waals surface area contributed by atoms with E-state index in [0.717, 1.165) is 24.1 Å². The monoisotopic (exact) mass is 500 g/mol. The van der Waals surface area contributed by atoms with Crippen molar-refractivity contribution in [1.29, 1.82) is 0 Å². The third-order valence-electron chi connectivity index (χ3n) is 5.92. The van der Waals surface area contributed by atoms with Gasteiger partial charge in [0.05, 0.1) is 18.0 Å². The van der Waals surface area contributed by atoms with Crippen molar-refractivity contribution in [3.05, 3.63) is 107 Å². The number of amides is 1. The smallest absolute Gasteiger partial charge is 0.299 e. The van der Waals surface area contributed by atoms with Crippen LogP contribution in [0.4, 0.5) is 15.8 Å². The first-order chi connectivity index (χ1) is 18.1. The van der Waals surface area contributed by atoms with Crippen LogP contribution in [0.1, 0.15) is 23.2 Å². The number of nitrogens with one attached hydrogen (secondary N) is 2. The van der Waals surface area contributed by atoms with Crippen molar-refractivity contribution >= 4 is 17.3 Å². The molecule has 0 bridgehead atoms. The summed E-state index contributed by atoms with van der Waals surface area (Å²) >= 11 is 0. The summed E-state index contributed by atoms with van der Waals surface area (Å²) in [4.78, 5) is 26.0. The molecule has 2 N–H and O–H groups in total. The summed E-state index contributed by atoms with van der Waals surface area (Å²) in [5.74, 6) is 0.134. The number of hydrogen-bond acceptors (Lipinski definition) is 6. The highest BCUT2D eigenvalue weighted by Crippen LogP contribution is 2.29. The molecule has 0 spiro atoms. The van der Waals surface area contributed by atoms with Gasteiger partial charge in [0, 0.05) is 24.4 Å². The van der Waals surface area contributed by atoms with E-state index in [1.807, 2.05) is 18.2 Å². The van der Waals surface area contributed by atoms with E-state index in [-0.39, 0.29) is 23.4 Å². The van der Waals surface area contributed by atoms with Gasteiger partial charge in [-0.15, -0.1) is 0 Å². The van der Waals surface area contributed by atoms with E-state index >= 15 is 0 Å². The van der Waals surface area contributed by atoms with E-state index in [2.05, 4.69) is 15.7 Å². The first-order valence-corrected chi connectivity index (χ1v) is 11.9. The van der Waals surface area contributed by atoms with Crippen molar-refractivity contribution in [2.24, 2.45) is 0 Å². The van der Waals surface area contributed by atoms with Gasteiger partial charge in [0.1, 0.15) is 11.6 Å². The Labute approximate surface area is 212 Å². The Morgan fingerprint density at radius 1 is 1.05 bits per heavy atom. The molecule has 9 heteroatoms. The van der Waals surface area contributed by atoms with Crippen LogP contribution in [0.5, 0.6) is 11.5 Å². The number of ether oxygens (including phenoxy) is 2. The average Bonchev–Trinajstić information content (AvgIpc) is 3.45. The van der Waals surface area contributed by atoms with Gasteiger partial charge < -0.3 is 20.1 Å². The summed E-state index contributed by atoms with van der Waals surface area (Å²) in [6.07, 6.45) is 3.43. The minimum Gasteiger partial charge on any atom is -0.453 e. The zero-order valence-corrected chi connectivity index (χ0v) is 19.9. The molecule has 37 heavy (non-hydrogen) atoms. The molecule has 1 aliphatic rings. The van der Waals surface area contributed by atoms with E-state index in [1.54, 1.807) is 36.4 Å². The topological polar surface area (TPSA) is 94.5 Å². The molecule has 4 aromatic rings. The highest BCUT2D eigenvalue weighted by molar-refractivity contribution is 5.94. The molecule has 2 heterocycles. The zero-order chi connectivity index (χ0) is 25.6. The molecule has 8 nitrogen and oxygen atoms in total. The predicted molar refractivity (Wildman–Crippen MR) is 137 cm³/mol. The SMILES string of the molecule is O=C(NC[C@H]1CCCO1)c1ccc(Nc2c(Oc3ccccc3)cnn(-c3ccc(F)cc3)c2=O)cc1. The Bertz CT molecular complexity index is 1420. The normalized spacial score (nSPS) is 14.8. The van der Waals surface area contributed by atoms with Crippen molar-refractivity contribution in [3.63, 3.8) is 0 Å². The number of benzene rings is 3. The molecule has 0 saturated carbocycles. The average molecular weight is 501 g/mol. The minimum absolute atomic E-state index is 0.0582. The third kappa shape index (κ3) is 5.84. The molecule has 0 radical (unpaired) electrons. The lowest BCUT2D eigenvalue weighted by atomic mass is 10.1. The highest BCUT2D eigenvalue weighted by atomic mass is 19.1. The molecule has 1 aliphatic heterocycles. The van der Waals surface area contributed by atoms with Crippen molar-refractivity contribution in [2.45, 2.75) is 18.9 Å². The fraction of sp³-hybridized carbons (Fsp3) is 0.179. The molecule has 1 saturated heterocycles. The predicted octanol–water partition coefficient (Wildman–Crippen LogP) is 4.82. The number of aromatic nitrogens is 2. The Morgan fingerprint density at radius 3 is 2.51 bits per heavy atom. The third-order valence-corrected chi connectivity index (χ3v) is 5.92. The standard InChI is InChI=1S/C28H25FN4O4/c29-20-10-14-22(15-11-20)33-28(35)26(25(18-31-33)37-23-5-2-1-3-6-23)32-21-12-8-19(9-13-21)27(34)30-17-24-7-4-16-36-24/h1-3,5-6,8-15,18,24,32H,4,7,16-17H2,(H,30,34)/t24-/m1/s1. The van der Waals surface area contributed by atoms with Crippen molar-refractivity contribution in [3.8, 4) is 17.2 Å². The van der Waals surface area contributed by atoms with Crippen molar-refractivity contribution < 1.29 is 18.7 Å². The summed E-state index contributed by atoms with van der Waals surface area (Å²) in [5.41, 5.74) is 1.11. The zero-order valence-electron chi connectivity index (χ0n) is 19.9. The molecule has 1 atom stereocenters. The maximum Gasteiger partial charge on any atom is 0.299 e. The minimum atomic E-state index is -0.488. The summed E-state index contributed by atoms with van der Waals surface area (Å²) in [6, 6.07) is 21.2. The second kappa shape index (κ2) is 11.0. The fourth-order valence-electron chi connectivity index (χ4n) is 3.98. The van der Waals surface area contributed by atoms with E-state index < -0.39 is 11.4 Å². The van der Waals surface area contributed by atoms with Gasteiger partial charge in [0.2, 0.25) is 0 Å². The number of carbonyl (C=O) groups excluding carboxylic acids is 1. The van der Waals surface area contributed by atoms with Crippen LogP contribution >= 0.6 is 0 Å².